The zero-order valence-electron chi connectivity index (χ0n) is 22.6. The summed E-state index contributed by atoms with van der Waals surface area (Å²) in [5, 5.41) is 22.0. The number of phenolic OH excluding ortho intramolecular Hbond substituents is 1. The zero-order valence-corrected chi connectivity index (χ0v) is 22.6. The van der Waals surface area contributed by atoms with E-state index in [1.807, 2.05) is 20.9 Å². The van der Waals surface area contributed by atoms with Gasteiger partial charge in [0, 0.05) is 47.3 Å². The Hall–Kier alpha value is -3.48. The Balaban J connectivity index is 1.62. The zero-order chi connectivity index (χ0) is 27.0. The molecule has 0 saturated carbocycles. The second kappa shape index (κ2) is 8.79. The number of ether oxygens (including phenoxy) is 4. The standard InChI is InChI=1S/C29H33N3O6/c1-7-18-23-17(27(38-15(4)33)14(3)28-29(23)37-12-36-28)10-20-24-22-16(8-13(2)26(35-6)25(22)34)9-19(31(24)5)21(11-30)32(18)20/h8,18-21,24,34H,7,9-10,12H2,1-6H3/t18-,19?,20?,21?,24?/m0/s1. The molecule has 0 aromatic heterocycles. The minimum atomic E-state index is -0.402. The topological polar surface area (TPSA) is 104 Å². The number of hydrogen-bond donors (Lipinski definition) is 1. The van der Waals surface area contributed by atoms with Crippen molar-refractivity contribution < 1.29 is 28.8 Å². The number of carbonyl (C=O) groups excluding carboxylic acids is 1. The van der Waals surface area contributed by atoms with E-state index in [9.17, 15) is 15.2 Å². The molecule has 4 aliphatic rings. The maximum Gasteiger partial charge on any atom is 0.308 e. The summed E-state index contributed by atoms with van der Waals surface area (Å²) in [5.74, 6) is 2.03. The summed E-state index contributed by atoms with van der Waals surface area (Å²) < 4.78 is 23.3. The average molecular weight is 520 g/mol. The third-order valence-electron chi connectivity index (χ3n) is 8.90. The maximum absolute atomic E-state index is 12.2. The fourth-order valence-electron chi connectivity index (χ4n) is 7.52. The van der Waals surface area contributed by atoms with E-state index in [0.29, 0.717) is 35.8 Å². The largest absolute Gasteiger partial charge is 0.504 e. The minimum Gasteiger partial charge on any atom is -0.504 e. The van der Waals surface area contributed by atoms with E-state index >= 15 is 0 Å². The summed E-state index contributed by atoms with van der Waals surface area (Å²) in [5.41, 5.74) is 5.35. The highest BCUT2D eigenvalue weighted by Gasteiger charge is 2.56. The van der Waals surface area contributed by atoms with Gasteiger partial charge >= 0.3 is 5.97 Å². The first-order valence-corrected chi connectivity index (χ1v) is 13.1. The van der Waals surface area contributed by atoms with Gasteiger partial charge in [-0.05, 0) is 51.3 Å². The van der Waals surface area contributed by atoms with Crippen molar-refractivity contribution in [2.24, 2.45) is 0 Å². The number of likely N-dealkylation sites (N-methyl/N-ethyl adjacent to an activating group) is 1. The molecule has 0 radical (unpaired) electrons. The highest BCUT2D eigenvalue weighted by Crippen LogP contribution is 2.58. The molecule has 4 heterocycles. The summed E-state index contributed by atoms with van der Waals surface area (Å²) in [7, 11) is 3.61. The predicted molar refractivity (Wildman–Crippen MR) is 138 cm³/mol. The molecule has 9 nitrogen and oxygen atoms in total. The Kier molecular flexibility index (Phi) is 5.74. The number of phenols is 1. The van der Waals surface area contributed by atoms with Crippen molar-refractivity contribution >= 4 is 5.97 Å². The molecule has 6 rings (SSSR count). The molecule has 200 valence electrons. The van der Waals surface area contributed by atoms with Crippen LogP contribution in [0, 0.1) is 25.2 Å². The second-order valence-electron chi connectivity index (χ2n) is 10.8. The van der Waals surface area contributed by atoms with Crippen molar-refractivity contribution in [3.63, 3.8) is 0 Å². The average Bonchev–Trinajstić information content (AvgIpc) is 3.36. The Labute approximate surface area is 222 Å². The summed E-state index contributed by atoms with van der Waals surface area (Å²) in [6, 6.07) is 3.77. The molecule has 9 heteroatoms. The smallest absolute Gasteiger partial charge is 0.308 e. The van der Waals surface area contributed by atoms with E-state index in [1.54, 1.807) is 7.11 Å². The normalized spacial score (nSPS) is 27.1. The Morgan fingerprint density at radius 3 is 2.58 bits per heavy atom. The lowest BCUT2D eigenvalue weighted by molar-refractivity contribution is -0.132. The van der Waals surface area contributed by atoms with Crippen molar-refractivity contribution in [3.05, 3.63) is 39.4 Å². The third kappa shape index (κ3) is 3.20. The first-order valence-electron chi connectivity index (χ1n) is 13.1. The first-order chi connectivity index (χ1) is 18.2. The van der Waals surface area contributed by atoms with Gasteiger partial charge in [0.2, 0.25) is 6.79 Å². The van der Waals surface area contributed by atoms with Crippen LogP contribution in [0.1, 0.15) is 65.7 Å². The highest BCUT2D eigenvalue weighted by molar-refractivity contribution is 5.74. The van der Waals surface area contributed by atoms with Crippen LogP contribution in [0.5, 0.6) is 28.7 Å². The van der Waals surface area contributed by atoms with Crippen molar-refractivity contribution in [2.45, 2.75) is 77.2 Å². The first kappa shape index (κ1) is 24.8. The number of aryl methyl sites for hydroxylation is 1. The van der Waals surface area contributed by atoms with Gasteiger partial charge in [0.1, 0.15) is 11.8 Å². The van der Waals surface area contributed by atoms with E-state index in [-0.39, 0.29) is 42.8 Å². The molecule has 1 N–H and O–H groups in total. The molecule has 1 saturated heterocycles. The van der Waals surface area contributed by atoms with Gasteiger partial charge in [-0.3, -0.25) is 14.6 Å². The second-order valence-corrected chi connectivity index (χ2v) is 10.8. The van der Waals surface area contributed by atoms with Gasteiger partial charge < -0.3 is 24.1 Å². The number of fused-ring (bicyclic) bond motifs is 9. The van der Waals surface area contributed by atoms with Crippen LogP contribution in [0.15, 0.2) is 6.07 Å². The molecule has 2 bridgehead atoms. The molecule has 38 heavy (non-hydrogen) atoms. The molecule has 0 amide bonds. The number of aromatic hydroxyl groups is 1. The molecule has 0 aliphatic carbocycles. The number of hydrogen-bond acceptors (Lipinski definition) is 9. The Bertz CT molecular complexity index is 1400. The quantitative estimate of drug-likeness (QED) is 0.478. The van der Waals surface area contributed by atoms with Crippen LogP contribution < -0.4 is 18.9 Å². The molecular weight excluding hydrogens is 486 g/mol. The Morgan fingerprint density at radius 1 is 1.18 bits per heavy atom. The van der Waals surface area contributed by atoms with Crippen LogP contribution in [-0.2, 0) is 17.6 Å². The third-order valence-corrected chi connectivity index (χ3v) is 8.90. The summed E-state index contributed by atoms with van der Waals surface area (Å²) in [4.78, 5) is 16.8. The van der Waals surface area contributed by atoms with Gasteiger partial charge in [-0.1, -0.05) is 13.0 Å². The van der Waals surface area contributed by atoms with E-state index in [4.69, 9.17) is 18.9 Å². The number of methoxy groups -OCH3 is 1. The number of nitriles is 1. The maximum atomic E-state index is 12.2. The minimum absolute atomic E-state index is 0.0554. The van der Waals surface area contributed by atoms with Crippen LogP contribution in [0.4, 0.5) is 0 Å². The number of benzene rings is 2. The molecule has 4 aliphatic heterocycles. The molecule has 0 spiro atoms. The van der Waals surface area contributed by atoms with Gasteiger partial charge in [0.25, 0.3) is 0 Å². The van der Waals surface area contributed by atoms with Gasteiger partial charge in [0.15, 0.2) is 23.0 Å². The van der Waals surface area contributed by atoms with Crippen LogP contribution >= 0.6 is 0 Å². The van der Waals surface area contributed by atoms with Gasteiger partial charge in [-0.2, -0.15) is 5.26 Å². The number of nitrogens with zero attached hydrogens (tertiary/aromatic N) is 3. The van der Waals surface area contributed by atoms with Crippen molar-refractivity contribution in [1.82, 2.24) is 9.80 Å². The van der Waals surface area contributed by atoms with Gasteiger partial charge in [-0.25, -0.2) is 0 Å². The van der Waals surface area contributed by atoms with Gasteiger partial charge in [0.05, 0.1) is 19.2 Å². The van der Waals surface area contributed by atoms with E-state index in [1.165, 1.54) is 6.92 Å². The molecule has 4 unspecified atom stereocenters. The van der Waals surface area contributed by atoms with Crippen molar-refractivity contribution in [3.8, 4) is 34.8 Å². The summed E-state index contributed by atoms with van der Waals surface area (Å²) in [6.07, 6.45) is 1.88. The number of rotatable bonds is 3. The number of piperazine rings is 1. The predicted octanol–water partition coefficient (Wildman–Crippen LogP) is 3.85. The fourth-order valence-corrected chi connectivity index (χ4v) is 7.52. The molecule has 2 aromatic rings. The monoisotopic (exact) mass is 519 g/mol. The Morgan fingerprint density at radius 2 is 1.92 bits per heavy atom. The summed E-state index contributed by atoms with van der Waals surface area (Å²) in [6.45, 7) is 7.42. The van der Waals surface area contributed by atoms with E-state index < -0.39 is 5.97 Å². The highest BCUT2D eigenvalue weighted by atomic mass is 16.7. The van der Waals surface area contributed by atoms with E-state index in [2.05, 4.69) is 28.9 Å². The lowest BCUT2D eigenvalue weighted by Gasteiger charge is -2.60. The molecule has 1 fully saturated rings. The van der Waals surface area contributed by atoms with Crippen LogP contribution in [0.25, 0.3) is 0 Å². The number of carbonyl (C=O) groups is 1. The summed E-state index contributed by atoms with van der Waals surface area (Å²) >= 11 is 0. The molecule has 5 atom stereocenters. The van der Waals surface area contributed by atoms with Crippen LogP contribution in [0.2, 0.25) is 0 Å². The van der Waals surface area contributed by atoms with Crippen LogP contribution in [0.3, 0.4) is 0 Å². The van der Waals surface area contributed by atoms with Crippen LogP contribution in [-0.4, -0.2) is 60.0 Å². The van der Waals surface area contributed by atoms with E-state index in [0.717, 1.165) is 39.8 Å². The molecular formula is C29H33N3O6. The van der Waals surface area contributed by atoms with Crippen molar-refractivity contribution in [1.29, 1.82) is 5.26 Å². The fraction of sp³-hybridized carbons (Fsp3) is 0.517. The SMILES string of the molecule is CC[C@H]1c2c(c(OC(C)=O)c(C)c3c2OCO3)CC2C3c4c(cc(C)c(OC)c4O)CC(C(C#N)N21)N3C. The van der Waals surface area contributed by atoms with Crippen molar-refractivity contribution in [2.75, 3.05) is 21.0 Å². The van der Waals surface area contributed by atoms with Gasteiger partial charge in [-0.15, -0.1) is 0 Å². The lowest BCUT2D eigenvalue weighted by atomic mass is 9.71. The molecule has 2 aromatic carbocycles. The lowest BCUT2D eigenvalue weighted by Crippen LogP contribution is -2.68. The number of esters is 1.